The molecule has 0 radical (unpaired) electrons. The number of aromatic nitrogens is 2. The van der Waals surface area contributed by atoms with Crippen LogP contribution in [0.1, 0.15) is 16.7 Å². The van der Waals surface area contributed by atoms with Crippen molar-refractivity contribution in [1.82, 2.24) is 9.55 Å². The van der Waals surface area contributed by atoms with Gasteiger partial charge in [-0.15, -0.1) is 0 Å². The third-order valence-electron chi connectivity index (χ3n) is 3.08. The van der Waals surface area contributed by atoms with E-state index in [2.05, 4.69) is 9.51 Å². The first-order valence-electron chi connectivity index (χ1n) is 5.95. The molecule has 0 saturated carbocycles. The van der Waals surface area contributed by atoms with E-state index in [1.807, 2.05) is 0 Å². The summed E-state index contributed by atoms with van der Waals surface area (Å²) < 4.78 is 21.2. The Hall–Kier alpha value is -1.53. The first kappa shape index (κ1) is 16.8. The molecule has 22 heavy (non-hydrogen) atoms. The SMILES string of the molecule is NC(=O)c1ncn([C@@H]2O[C@H](CO[32P](=O)(O)O)[C@@H](O)[C@H]2O)c1N. The zero-order valence-electron chi connectivity index (χ0n) is 11.0. The molecule has 2 rings (SSSR count). The van der Waals surface area contributed by atoms with Gasteiger partial charge in [0.1, 0.15) is 24.1 Å². The van der Waals surface area contributed by atoms with Crippen LogP contribution in [0.15, 0.2) is 6.33 Å². The van der Waals surface area contributed by atoms with E-state index in [4.69, 9.17) is 26.0 Å². The number of ether oxygens (including phenoxy) is 1. The van der Waals surface area contributed by atoms with Crippen molar-refractivity contribution in [3.63, 3.8) is 0 Å². The smallest absolute Gasteiger partial charge is 0.387 e. The minimum Gasteiger partial charge on any atom is -0.387 e. The number of hydrogen-bond acceptors (Lipinski definition) is 8. The highest BCUT2D eigenvalue weighted by molar-refractivity contribution is 7.46. The van der Waals surface area contributed by atoms with Crippen molar-refractivity contribution in [2.45, 2.75) is 24.5 Å². The second-order valence-electron chi connectivity index (χ2n) is 4.58. The highest BCUT2D eigenvalue weighted by Crippen LogP contribution is 2.38. The van der Waals surface area contributed by atoms with Crippen molar-refractivity contribution < 1.29 is 38.6 Å². The fourth-order valence-corrected chi connectivity index (χ4v) is 2.37. The van der Waals surface area contributed by atoms with Crippen LogP contribution in [-0.2, 0) is 13.8 Å². The number of nitrogen functional groups attached to an aromatic ring is 1. The molecule has 124 valence electrons. The van der Waals surface area contributed by atoms with Crippen LogP contribution in [0, 0.1) is 0 Å². The maximum atomic E-state index is 11.1. The zero-order valence-corrected chi connectivity index (χ0v) is 11.9. The van der Waals surface area contributed by atoms with Gasteiger partial charge in [-0.25, -0.2) is 9.55 Å². The van der Waals surface area contributed by atoms with Gasteiger partial charge in [0.15, 0.2) is 11.9 Å². The van der Waals surface area contributed by atoms with Crippen LogP contribution < -0.4 is 11.5 Å². The van der Waals surface area contributed by atoms with Crippen LogP contribution in [0.2, 0.25) is 0 Å². The third-order valence-corrected chi connectivity index (χ3v) is 3.57. The van der Waals surface area contributed by atoms with E-state index >= 15 is 0 Å². The maximum absolute atomic E-state index is 11.1. The lowest BCUT2D eigenvalue weighted by Crippen LogP contribution is -2.33. The number of carbonyl (C=O) groups is 1. The van der Waals surface area contributed by atoms with Crippen LogP contribution in [0.5, 0.6) is 0 Å². The molecule has 0 aliphatic carbocycles. The molecule has 0 unspecified atom stereocenters. The number of carbonyl (C=O) groups excluding carboxylic acids is 1. The zero-order chi connectivity index (χ0) is 16.7. The van der Waals surface area contributed by atoms with Gasteiger partial charge >= 0.3 is 7.82 Å². The lowest BCUT2D eigenvalue weighted by molar-refractivity contribution is -0.0510. The van der Waals surface area contributed by atoms with Crippen molar-refractivity contribution in [1.29, 1.82) is 0 Å². The molecule has 0 spiro atoms. The summed E-state index contributed by atoms with van der Waals surface area (Å²) in [5, 5.41) is 19.8. The summed E-state index contributed by atoms with van der Waals surface area (Å²) in [6.45, 7) is -0.656. The number of amides is 1. The highest BCUT2D eigenvalue weighted by atomic mass is 32.2. The largest absolute Gasteiger partial charge is 0.469 e. The Morgan fingerprint density at radius 3 is 2.59 bits per heavy atom. The molecule has 0 aromatic carbocycles. The Bertz CT molecular complexity index is 615. The highest BCUT2D eigenvalue weighted by Gasteiger charge is 2.45. The van der Waals surface area contributed by atoms with Crippen LogP contribution in [-0.4, -0.2) is 60.4 Å². The van der Waals surface area contributed by atoms with Crippen LogP contribution in [0.3, 0.4) is 0 Å². The molecule has 1 saturated heterocycles. The summed E-state index contributed by atoms with van der Waals surface area (Å²) >= 11 is 0. The van der Waals surface area contributed by atoms with Gasteiger partial charge in [-0.1, -0.05) is 0 Å². The third kappa shape index (κ3) is 3.28. The van der Waals surface area contributed by atoms with E-state index in [0.717, 1.165) is 10.9 Å². The minimum absolute atomic E-state index is 0.180. The molecule has 1 aliphatic rings. The summed E-state index contributed by atoms with van der Waals surface area (Å²) in [6.07, 6.45) is -4.33. The Kier molecular flexibility index (Phi) is 4.54. The van der Waals surface area contributed by atoms with E-state index in [-0.39, 0.29) is 11.5 Å². The first-order valence-corrected chi connectivity index (χ1v) is 7.48. The predicted molar refractivity (Wildman–Crippen MR) is 69.1 cm³/mol. The van der Waals surface area contributed by atoms with E-state index in [0.29, 0.717) is 0 Å². The number of phosphoric acid groups is 1. The summed E-state index contributed by atoms with van der Waals surface area (Å²) in [5.41, 5.74) is 10.5. The topological polar surface area (TPSA) is 203 Å². The Labute approximate surface area is 123 Å². The van der Waals surface area contributed by atoms with Crippen LogP contribution in [0.25, 0.3) is 0 Å². The first-order chi connectivity index (χ1) is 10.1. The van der Waals surface area contributed by atoms with Crippen LogP contribution in [0.4, 0.5) is 5.82 Å². The number of aliphatic hydroxyl groups is 2. The second-order valence-corrected chi connectivity index (χ2v) is 5.82. The summed E-state index contributed by atoms with van der Waals surface area (Å²) in [5.74, 6) is -1.06. The molecule has 4 atom stereocenters. The molecule has 2 heterocycles. The Balaban J connectivity index is 2.16. The molecule has 1 amide bonds. The minimum atomic E-state index is -4.75. The Morgan fingerprint density at radius 2 is 2.09 bits per heavy atom. The Morgan fingerprint density at radius 1 is 1.45 bits per heavy atom. The van der Waals surface area contributed by atoms with Gasteiger partial charge in [0.2, 0.25) is 0 Å². The molecule has 12 nitrogen and oxygen atoms in total. The lowest BCUT2D eigenvalue weighted by atomic mass is 10.1. The number of anilines is 1. The molecule has 1 aromatic heterocycles. The average molecular weight is 339 g/mol. The maximum Gasteiger partial charge on any atom is 0.469 e. The molecule has 1 aromatic rings. The molecular formula is C9H15N4O8P. The van der Waals surface area contributed by atoms with Gasteiger partial charge in [0.25, 0.3) is 5.91 Å². The monoisotopic (exact) mass is 339 g/mol. The van der Waals surface area contributed by atoms with Crippen molar-refractivity contribution in [3.8, 4) is 0 Å². The average Bonchev–Trinajstić information content (AvgIpc) is 2.90. The number of nitrogens with zero attached hydrogens (tertiary/aromatic N) is 2. The molecule has 13 heteroatoms. The normalized spacial score (nSPS) is 28.9. The molecule has 0 bridgehead atoms. The molecule has 8 N–H and O–H groups in total. The fraction of sp³-hybridized carbons (Fsp3) is 0.556. The van der Waals surface area contributed by atoms with Gasteiger partial charge in [0, 0.05) is 0 Å². The predicted octanol–water partition coefficient (Wildman–Crippen LogP) is -2.71. The lowest BCUT2D eigenvalue weighted by Gasteiger charge is -2.17. The number of phosphoric ester groups is 1. The van der Waals surface area contributed by atoms with Crippen molar-refractivity contribution in [2.24, 2.45) is 5.73 Å². The van der Waals surface area contributed by atoms with Gasteiger partial charge < -0.3 is 36.2 Å². The van der Waals surface area contributed by atoms with E-state index in [1.165, 1.54) is 0 Å². The van der Waals surface area contributed by atoms with Gasteiger partial charge in [-0.2, -0.15) is 0 Å². The quantitative estimate of drug-likeness (QED) is 0.306. The van der Waals surface area contributed by atoms with E-state index in [9.17, 15) is 19.6 Å². The molecular weight excluding hydrogens is 324 g/mol. The summed E-state index contributed by atoms with van der Waals surface area (Å²) in [4.78, 5) is 32.0. The van der Waals surface area contributed by atoms with Gasteiger partial charge in [-0.05, 0) is 0 Å². The van der Waals surface area contributed by atoms with E-state index in [1.54, 1.807) is 0 Å². The van der Waals surface area contributed by atoms with Crippen molar-refractivity contribution in [3.05, 3.63) is 12.0 Å². The standard InChI is InChI=1S/C9H15N4O8P/c10-7-4(8(11)16)12-2-13(7)9-6(15)5(14)3(21-9)1-20-22(17,18)19/h2-3,5-6,9,14-15H,1,10H2,(H2,11,16)(H2,17,18,19)/t3-,5-,6-,9-/m1/s1/i22+1. The summed E-state index contributed by atoms with van der Waals surface area (Å²) in [7, 11) is -4.75. The number of rotatable bonds is 5. The number of nitrogens with two attached hydrogens (primary N) is 2. The fourth-order valence-electron chi connectivity index (χ4n) is 2.03. The van der Waals surface area contributed by atoms with E-state index < -0.39 is 44.9 Å². The van der Waals surface area contributed by atoms with Crippen molar-refractivity contribution >= 4 is 19.5 Å². The van der Waals surface area contributed by atoms with Gasteiger partial charge in [-0.3, -0.25) is 13.9 Å². The molecule has 1 aliphatic heterocycles. The number of imidazole rings is 1. The van der Waals surface area contributed by atoms with Crippen molar-refractivity contribution in [2.75, 3.05) is 12.3 Å². The van der Waals surface area contributed by atoms with Gasteiger partial charge in [0.05, 0.1) is 12.9 Å². The summed E-state index contributed by atoms with van der Waals surface area (Å²) in [6, 6.07) is 0. The number of hydrogen-bond donors (Lipinski definition) is 6. The number of aliphatic hydroxyl groups excluding tert-OH is 2. The second kappa shape index (κ2) is 5.93. The number of primary amides is 1. The van der Waals surface area contributed by atoms with Crippen LogP contribution >= 0.6 is 7.82 Å². The molecule has 1 fully saturated rings.